The van der Waals surface area contributed by atoms with Crippen LogP contribution in [0.2, 0.25) is 0 Å². The van der Waals surface area contributed by atoms with Crippen molar-refractivity contribution >= 4 is 11.8 Å². The van der Waals surface area contributed by atoms with Crippen molar-refractivity contribution < 1.29 is 5.11 Å². The fourth-order valence-corrected chi connectivity index (χ4v) is 3.17. The third kappa shape index (κ3) is 4.02. The second-order valence-electron chi connectivity index (χ2n) is 4.80. The minimum Gasteiger partial charge on any atom is -0.393 e. The van der Waals surface area contributed by atoms with E-state index in [9.17, 15) is 5.11 Å². The lowest BCUT2D eigenvalue weighted by Gasteiger charge is -2.34. The van der Waals surface area contributed by atoms with Gasteiger partial charge in [0.05, 0.1) is 6.10 Å². The van der Waals surface area contributed by atoms with Gasteiger partial charge < -0.3 is 10.0 Å². The van der Waals surface area contributed by atoms with Crippen molar-refractivity contribution in [2.45, 2.75) is 24.3 Å². The Hall–Kier alpha value is -0.510. The first-order valence-electron chi connectivity index (χ1n) is 6.34. The molecule has 17 heavy (non-hydrogen) atoms. The fraction of sp³-hybridized carbons (Fsp3) is 0.571. The van der Waals surface area contributed by atoms with Gasteiger partial charge in [-0.25, -0.2) is 0 Å². The fourth-order valence-electron chi connectivity index (χ4n) is 2.23. The van der Waals surface area contributed by atoms with E-state index in [1.807, 2.05) is 11.8 Å². The molecule has 1 aromatic rings. The zero-order valence-electron chi connectivity index (χ0n) is 10.4. The van der Waals surface area contributed by atoms with Crippen molar-refractivity contribution in [3.63, 3.8) is 0 Å². The second kappa shape index (κ2) is 6.43. The van der Waals surface area contributed by atoms with E-state index in [4.69, 9.17) is 0 Å². The molecule has 0 saturated carbocycles. The quantitative estimate of drug-likeness (QED) is 0.832. The third-order valence-corrected chi connectivity index (χ3v) is 4.36. The SMILES string of the molecule is CC1CN(CCSc2ccccc2)CCC1O. The maximum atomic E-state index is 9.67. The average Bonchev–Trinajstić information content (AvgIpc) is 2.35. The van der Waals surface area contributed by atoms with Crippen LogP contribution in [0.5, 0.6) is 0 Å². The molecule has 3 heteroatoms. The smallest absolute Gasteiger partial charge is 0.0590 e. The van der Waals surface area contributed by atoms with Crippen LogP contribution in [0.25, 0.3) is 0 Å². The molecule has 1 aliphatic heterocycles. The first-order chi connectivity index (χ1) is 8.25. The van der Waals surface area contributed by atoms with Crippen LogP contribution < -0.4 is 0 Å². The zero-order valence-corrected chi connectivity index (χ0v) is 11.2. The molecular formula is C14H21NOS. The van der Waals surface area contributed by atoms with E-state index in [2.05, 4.69) is 42.2 Å². The Bertz CT molecular complexity index is 330. The lowest BCUT2D eigenvalue weighted by Crippen LogP contribution is -2.42. The van der Waals surface area contributed by atoms with Crippen LogP contribution in [0.4, 0.5) is 0 Å². The van der Waals surface area contributed by atoms with E-state index in [0.717, 1.165) is 31.8 Å². The largest absolute Gasteiger partial charge is 0.393 e. The molecule has 2 atom stereocenters. The van der Waals surface area contributed by atoms with E-state index in [0.29, 0.717) is 5.92 Å². The molecule has 1 N–H and O–H groups in total. The first kappa shape index (κ1) is 12.9. The summed E-state index contributed by atoms with van der Waals surface area (Å²) in [5, 5.41) is 9.67. The Morgan fingerprint density at radius 2 is 2.12 bits per heavy atom. The molecule has 0 amide bonds. The summed E-state index contributed by atoms with van der Waals surface area (Å²) in [5.74, 6) is 1.55. The monoisotopic (exact) mass is 251 g/mol. The molecule has 1 heterocycles. The van der Waals surface area contributed by atoms with Crippen molar-refractivity contribution in [2.24, 2.45) is 5.92 Å². The number of piperidine rings is 1. The number of hydrogen-bond donors (Lipinski definition) is 1. The highest BCUT2D eigenvalue weighted by molar-refractivity contribution is 7.99. The summed E-state index contributed by atoms with van der Waals surface area (Å²) in [6.07, 6.45) is 0.838. The van der Waals surface area contributed by atoms with Crippen molar-refractivity contribution in [2.75, 3.05) is 25.4 Å². The molecule has 1 fully saturated rings. The van der Waals surface area contributed by atoms with Crippen LogP contribution in [0.15, 0.2) is 35.2 Å². The van der Waals surface area contributed by atoms with Crippen LogP contribution in [0, 0.1) is 5.92 Å². The lowest BCUT2D eigenvalue weighted by molar-refractivity contribution is 0.0377. The highest BCUT2D eigenvalue weighted by Crippen LogP contribution is 2.20. The highest BCUT2D eigenvalue weighted by atomic mass is 32.2. The normalized spacial score (nSPS) is 26.0. The molecule has 0 spiro atoms. The molecule has 2 rings (SSSR count). The Kier molecular flexibility index (Phi) is 4.89. The number of rotatable bonds is 4. The van der Waals surface area contributed by atoms with Gasteiger partial charge in [0, 0.05) is 30.3 Å². The Labute approximate surface area is 108 Å². The summed E-state index contributed by atoms with van der Waals surface area (Å²) in [7, 11) is 0. The molecule has 2 nitrogen and oxygen atoms in total. The minimum atomic E-state index is -0.0898. The van der Waals surface area contributed by atoms with Crippen molar-refractivity contribution in [3.8, 4) is 0 Å². The van der Waals surface area contributed by atoms with Gasteiger partial charge in [-0.05, 0) is 24.5 Å². The van der Waals surface area contributed by atoms with Gasteiger partial charge in [-0.3, -0.25) is 0 Å². The van der Waals surface area contributed by atoms with Gasteiger partial charge >= 0.3 is 0 Å². The number of aliphatic hydroxyl groups excluding tert-OH is 1. The van der Waals surface area contributed by atoms with E-state index in [-0.39, 0.29) is 6.10 Å². The van der Waals surface area contributed by atoms with Crippen LogP contribution in [-0.2, 0) is 0 Å². The number of hydrogen-bond acceptors (Lipinski definition) is 3. The summed E-state index contributed by atoms with van der Waals surface area (Å²) in [5.41, 5.74) is 0. The molecule has 1 aromatic carbocycles. The predicted octanol–water partition coefficient (Wildman–Crippen LogP) is 2.48. The second-order valence-corrected chi connectivity index (χ2v) is 5.96. The molecular weight excluding hydrogens is 230 g/mol. The van der Waals surface area contributed by atoms with Gasteiger partial charge in [-0.15, -0.1) is 11.8 Å². The van der Waals surface area contributed by atoms with Gasteiger partial charge in [0.1, 0.15) is 0 Å². The molecule has 94 valence electrons. The maximum absolute atomic E-state index is 9.67. The van der Waals surface area contributed by atoms with E-state index >= 15 is 0 Å². The third-order valence-electron chi connectivity index (χ3n) is 3.36. The number of likely N-dealkylation sites (tertiary alicyclic amines) is 1. The molecule has 0 bridgehead atoms. The minimum absolute atomic E-state index is 0.0898. The molecule has 0 aromatic heterocycles. The number of aliphatic hydroxyl groups is 1. The highest BCUT2D eigenvalue weighted by Gasteiger charge is 2.23. The van der Waals surface area contributed by atoms with Crippen LogP contribution in [0.1, 0.15) is 13.3 Å². The molecule has 2 unspecified atom stereocenters. The van der Waals surface area contributed by atoms with Crippen LogP contribution >= 0.6 is 11.8 Å². The van der Waals surface area contributed by atoms with Gasteiger partial charge in [-0.1, -0.05) is 25.1 Å². The van der Waals surface area contributed by atoms with Crippen molar-refractivity contribution in [1.82, 2.24) is 4.90 Å². The molecule has 1 saturated heterocycles. The van der Waals surface area contributed by atoms with Gasteiger partial charge in [0.15, 0.2) is 0 Å². The Balaban J connectivity index is 1.69. The van der Waals surface area contributed by atoms with Crippen molar-refractivity contribution in [1.29, 1.82) is 0 Å². The zero-order chi connectivity index (χ0) is 12.1. The van der Waals surface area contributed by atoms with E-state index in [1.54, 1.807) is 0 Å². The summed E-state index contributed by atoms with van der Waals surface area (Å²) >= 11 is 1.91. The topological polar surface area (TPSA) is 23.5 Å². The molecule has 0 aliphatic carbocycles. The van der Waals surface area contributed by atoms with Gasteiger partial charge in [0.25, 0.3) is 0 Å². The average molecular weight is 251 g/mol. The maximum Gasteiger partial charge on any atom is 0.0590 e. The summed E-state index contributed by atoms with van der Waals surface area (Å²) < 4.78 is 0. The van der Waals surface area contributed by atoms with E-state index in [1.165, 1.54) is 4.90 Å². The molecule has 1 aliphatic rings. The summed E-state index contributed by atoms with van der Waals surface area (Å²) in [6.45, 7) is 5.34. The summed E-state index contributed by atoms with van der Waals surface area (Å²) in [4.78, 5) is 3.81. The number of thioether (sulfide) groups is 1. The van der Waals surface area contributed by atoms with Crippen molar-refractivity contribution in [3.05, 3.63) is 30.3 Å². The first-order valence-corrected chi connectivity index (χ1v) is 7.32. The summed E-state index contributed by atoms with van der Waals surface area (Å²) in [6, 6.07) is 10.5. The Morgan fingerprint density at radius 3 is 2.82 bits per heavy atom. The number of benzene rings is 1. The van der Waals surface area contributed by atoms with Crippen LogP contribution in [0.3, 0.4) is 0 Å². The van der Waals surface area contributed by atoms with E-state index < -0.39 is 0 Å². The molecule has 0 radical (unpaired) electrons. The predicted molar refractivity (Wildman–Crippen MR) is 73.4 cm³/mol. The standard InChI is InChI=1S/C14H21NOS/c1-12-11-15(8-7-14(12)16)9-10-17-13-5-3-2-4-6-13/h2-6,12,14,16H,7-11H2,1H3. The van der Waals surface area contributed by atoms with Gasteiger partial charge in [-0.2, -0.15) is 0 Å². The van der Waals surface area contributed by atoms with Crippen LogP contribution in [-0.4, -0.2) is 41.5 Å². The van der Waals surface area contributed by atoms with Gasteiger partial charge in [0.2, 0.25) is 0 Å². The lowest BCUT2D eigenvalue weighted by atomic mass is 9.97. The Morgan fingerprint density at radius 1 is 1.35 bits per heavy atom. The number of nitrogens with zero attached hydrogens (tertiary/aromatic N) is 1.